The van der Waals surface area contributed by atoms with Gasteiger partial charge in [0, 0.05) is 13.0 Å². The molecule has 0 saturated carbocycles. The van der Waals surface area contributed by atoms with Crippen molar-refractivity contribution in [1.29, 1.82) is 0 Å². The maximum atomic E-state index is 13.6. The van der Waals surface area contributed by atoms with E-state index in [-0.39, 0.29) is 31.9 Å². The number of esters is 1. The second kappa shape index (κ2) is 22.9. The number of hydrogen-bond donors (Lipinski definition) is 5. The highest BCUT2D eigenvalue weighted by Crippen LogP contribution is 2.10. The summed E-state index contributed by atoms with van der Waals surface area (Å²) in [7, 11) is 1.21. The zero-order chi connectivity index (χ0) is 36.0. The Morgan fingerprint density at radius 2 is 1.39 bits per heavy atom. The van der Waals surface area contributed by atoms with Crippen LogP contribution in [0.2, 0.25) is 0 Å². The van der Waals surface area contributed by atoms with Gasteiger partial charge in [-0.05, 0) is 54.7 Å². The van der Waals surface area contributed by atoms with Gasteiger partial charge >= 0.3 is 12.1 Å². The fourth-order valence-corrected chi connectivity index (χ4v) is 5.33. The van der Waals surface area contributed by atoms with E-state index >= 15 is 0 Å². The third-order valence-corrected chi connectivity index (χ3v) is 8.06. The molecule has 2 aromatic carbocycles. The van der Waals surface area contributed by atoms with Crippen LogP contribution in [0.4, 0.5) is 4.79 Å². The molecule has 14 heteroatoms. The second-order valence-electron chi connectivity index (χ2n) is 11.8. The maximum absolute atomic E-state index is 13.6. The van der Waals surface area contributed by atoms with Crippen LogP contribution in [0.25, 0.3) is 0 Å². The number of carbonyl (C=O) groups excluding carboxylic acids is 6. The van der Waals surface area contributed by atoms with Crippen molar-refractivity contribution in [2.75, 3.05) is 25.7 Å². The molecule has 49 heavy (non-hydrogen) atoms. The SMILES string of the molecule is COC(=O)[C@H](CCCNC(=O)[C@H](Cc1ccccc1)NC(=O)[C@H](CC(C)C)NC(=O)[C@H](CCSC)NC=O)NC(=O)OCc1ccccc1. The molecule has 2 aromatic rings. The Morgan fingerprint density at radius 1 is 0.776 bits per heavy atom. The standard InChI is InChI=1S/C35H49N5O8S/c1-24(2)20-29(38-32(43)27(37-23-41)17-19-49-4)33(44)39-30(21-25-12-7-5-8-13-25)31(42)36-18-11-16-28(34(45)47-3)40-35(46)48-22-26-14-9-6-10-15-26/h5-10,12-15,23-24,27-30H,11,16-22H2,1-4H3,(H,36,42)(H,37,41)(H,38,43)(H,39,44)(H,40,46)/t27-,28-,29-,30-/m0/s1. The minimum absolute atomic E-state index is 0.0289. The van der Waals surface area contributed by atoms with Crippen molar-refractivity contribution in [1.82, 2.24) is 26.6 Å². The lowest BCUT2D eigenvalue weighted by molar-refractivity contribution is -0.143. The number of rotatable bonds is 22. The normalized spacial score (nSPS) is 13.2. The number of hydrogen-bond acceptors (Lipinski definition) is 9. The topological polar surface area (TPSA) is 181 Å². The van der Waals surface area contributed by atoms with Gasteiger partial charge in [0.05, 0.1) is 7.11 Å². The molecule has 268 valence electrons. The van der Waals surface area contributed by atoms with Gasteiger partial charge in [0.1, 0.15) is 30.8 Å². The zero-order valence-corrected chi connectivity index (χ0v) is 29.4. The van der Waals surface area contributed by atoms with Crippen molar-refractivity contribution in [3.8, 4) is 0 Å². The first-order valence-electron chi connectivity index (χ1n) is 16.2. The first-order chi connectivity index (χ1) is 23.6. The highest BCUT2D eigenvalue weighted by atomic mass is 32.2. The molecule has 2 rings (SSSR count). The average Bonchev–Trinajstić information content (AvgIpc) is 3.09. The predicted octanol–water partition coefficient (Wildman–Crippen LogP) is 2.48. The highest BCUT2D eigenvalue weighted by molar-refractivity contribution is 7.98. The molecule has 0 aromatic heterocycles. The van der Waals surface area contributed by atoms with E-state index in [0.717, 1.165) is 11.1 Å². The Labute approximate surface area is 292 Å². The molecular formula is C35H49N5O8S. The molecule has 0 fully saturated rings. The maximum Gasteiger partial charge on any atom is 0.408 e. The molecule has 5 amide bonds. The molecule has 13 nitrogen and oxygen atoms in total. The Morgan fingerprint density at radius 3 is 1.98 bits per heavy atom. The van der Waals surface area contributed by atoms with Crippen molar-refractivity contribution in [3.63, 3.8) is 0 Å². The van der Waals surface area contributed by atoms with Crippen LogP contribution in [0.1, 0.15) is 50.7 Å². The van der Waals surface area contributed by atoms with E-state index in [2.05, 4.69) is 26.6 Å². The number of alkyl carbamates (subject to hydrolysis) is 1. The van der Waals surface area contributed by atoms with Gasteiger partial charge in [-0.1, -0.05) is 74.5 Å². The minimum Gasteiger partial charge on any atom is -0.467 e. The highest BCUT2D eigenvalue weighted by Gasteiger charge is 2.30. The zero-order valence-electron chi connectivity index (χ0n) is 28.6. The summed E-state index contributed by atoms with van der Waals surface area (Å²) >= 11 is 1.53. The van der Waals surface area contributed by atoms with E-state index in [1.54, 1.807) is 12.1 Å². The van der Waals surface area contributed by atoms with Crippen LogP contribution >= 0.6 is 11.8 Å². The van der Waals surface area contributed by atoms with Crippen molar-refractivity contribution < 1.29 is 38.2 Å². The van der Waals surface area contributed by atoms with Crippen LogP contribution in [0, 0.1) is 5.92 Å². The third kappa shape index (κ3) is 15.9. The summed E-state index contributed by atoms with van der Waals surface area (Å²) in [5.74, 6) is -1.46. The van der Waals surface area contributed by atoms with Crippen molar-refractivity contribution in [2.45, 2.75) is 76.7 Å². The van der Waals surface area contributed by atoms with Crippen LogP contribution in [0.3, 0.4) is 0 Å². The summed E-state index contributed by atoms with van der Waals surface area (Å²) in [5, 5.41) is 13.4. The summed E-state index contributed by atoms with van der Waals surface area (Å²) in [4.78, 5) is 75.9. The van der Waals surface area contributed by atoms with Crippen molar-refractivity contribution >= 4 is 48.0 Å². The van der Waals surface area contributed by atoms with E-state index in [1.807, 2.05) is 68.6 Å². The summed E-state index contributed by atoms with van der Waals surface area (Å²) in [6, 6.07) is 14.5. The van der Waals surface area contributed by atoms with Gasteiger partial charge in [-0.15, -0.1) is 0 Å². The molecular weight excluding hydrogens is 650 g/mol. The van der Waals surface area contributed by atoms with Gasteiger partial charge in [-0.2, -0.15) is 11.8 Å². The largest absolute Gasteiger partial charge is 0.467 e. The van der Waals surface area contributed by atoms with Gasteiger partial charge in [-0.3, -0.25) is 19.2 Å². The number of benzene rings is 2. The Bertz CT molecular complexity index is 1330. The molecule has 0 aliphatic carbocycles. The lowest BCUT2D eigenvalue weighted by Crippen LogP contribution is -2.57. The second-order valence-corrected chi connectivity index (χ2v) is 12.8. The Kier molecular flexibility index (Phi) is 19.0. The average molecular weight is 700 g/mol. The van der Waals surface area contributed by atoms with E-state index < -0.39 is 54.0 Å². The summed E-state index contributed by atoms with van der Waals surface area (Å²) in [5.41, 5.74) is 1.60. The fraction of sp³-hybridized carbons (Fsp3) is 0.486. The van der Waals surface area contributed by atoms with E-state index in [1.165, 1.54) is 18.9 Å². The van der Waals surface area contributed by atoms with Gasteiger partial charge in [0.2, 0.25) is 24.1 Å². The van der Waals surface area contributed by atoms with Crippen LogP contribution in [0.15, 0.2) is 60.7 Å². The van der Waals surface area contributed by atoms with E-state index in [9.17, 15) is 28.8 Å². The Balaban J connectivity index is 2.06. The van der Waals surface area contributed by atoms with Crippen molar-refractivity contribution in [3.05, 3.63) is 71.8 Å². The first kappa shape index (κ1) is 40.6. The number of carbonyl (C=O) groups is 6. The van der Waals surface area contributed by atoms with Gasteiger partial charge in [-0.25, -0.2) is 9.59 Å². The molecule has 0 heterocycles. The summed E-state index contributed by atoms with van der Waals surface area (Å²) in [6.07, 6.45) is 2.90. The molecule has 0 unspecified atom stereocenters. The molecule has 0 bridgehead atoms. The summed E-state index contributed by atoms with van der Waals surface area (Å²) in [6.45, 7) is 3.99. The Hall–Kier alpha value is -4.59. The van der Waals surface area contributed by atoms with Gasteiger partial charge in [0.15, 0.2) is 0 Å². The molecule has 4 atom stereocenters. The minimum atomic E-state index is -1.00. The lowest BCUT2D eigenvalue weighted by atomic mass is 10.0. The third-order valence-electron chi connectivity index (χ3n) is 7.41. The number of ether oxygens (including phenoxy) is 2. The molecule has 0 spiro atoms. The number of amides is 5. The van der Waals surface area contributed by atoms with Crippen LogP contribution in [-0.2, 0) is 46.5 Å². The molecule has 0 radical (unpaired) electrons. The quantitative estimate of drug-likeness (QED) is 0.0701. The van der Waals surface area contributed by atoms with E-state index in [0.29, 0.717) is 31.4 Å². The van der Waals surface area contributed by atoms with Gasteiger partial charge < -0.3 is 36.1 Å². The van der Waals surface area contributed by atoms with Crippen LogP contribution in [-0.4, -0.2) is 86.0 Å². The van der Waals surface area contributed by atoms with Crippen LogP contribution < -0.4 is 26.6 Å². The van der Waals surface area contributed by atoms with E-state index in [4.69, 9.17) is 9.47 Å². The number of nitrogens with one attached hydrogen (secondary N) is 5. The first-order valence-corrected chi connectivity index (χ1v) is 17.6. The smallest absolute Gasteiger partial charge is 0.408 e. The van der Waals surface area contributed by atoms with Crippen molar-refractivity contribution in [2.24, 2.45) is 5.92 Å². The predicted molar refractivity (Wildman–Crippen MR) is 187 cm³/mol. The molecule has 0 saturated heterocycles. The van der Waals surface area contributed by atoms with Gasteiger partial charge in [0.25, 0.3) is 0 Å². The number of thioether (sulfide) groups is 1. The summed E-state index contributed by atoms with van der Waals surface area (Å²) < 4.78 is 10.0. The lowest BCUT2D eigenvalue weighted by Gasteiger charge is -2.26. The molecule has 5 N–H and O–H groups in total. The number of methoxy groups -OCH3 is 1. The fourth-order valence-electron chi connectivity index (χ4n) is 4.85. The molecule has 0 aliphatic heterocycles. The monoisotopic (exact) mass is 699 g/mol. The molecule has 0 aliphatic rings. The van der Waals surface area contributed by atoms with Crippen LogP contribution in [0.5, 0.6) is 0 Å².